The highest BCUT2D eigenvalue weighted by Gasteiger charge is 2.42. The van der Waals surface area contributed by atoms with Gasteiger partial charge in [-0.2, -0.15) is 0 Å². The van der Waals surface area contributed by atoms with Crippen molar-refractivity contribution < 1.29 is 27.5 Å². The molecule has 196 valence electrons. The van der Waals surface area contributed by atoms with Gasteiger partial charge in [-0.25, -0.2) is 18.0 Å². The maximum Gasteiger partial charge on any atom is 0.328 e. The van der Waals surface area contributed by atoms with E-state index in [-0.39, 0.29) is 23.7 Å². The molecule has 1 N–H and O–H groups in total. The summed E-state index contributed by atoms with van der Waals surface area (Å²) in [6.07, 6.45) is 5.90. The zero-order chi connectivity index (χ0) is 27.2. The quantitative estimate of drug-likeness (QED) is 0.279. The van der Waals surface area contributed by atoms with Crippen LogP contribution in [0.25, 0.3) is 28.2 Å². The first-order chi connectivity index (χ1) is 18.0. The molecule has 0 radical (unpaired) electrons. The second kappa shape index (κ2) is 9.76. The summed E-state index contributed by atoms with van der Waals surface area (Å²) >= 11 is 0. The van der Waals surface area contributed by atoms with E-state index in [0.717, 1.165) is 46.4 Å². The number of rotatable bonds is 6. The Bertz CT molecular complexity index is 1520. The van der Waals surface area contributed by atoms with Crippen molar-refractivity contribution in [2.45, 2.75) is 44.9 Å². The third kappa shape index (κ3) is 4.96. The topological polar surface area (TPSA) is 66.6 Å². The number of pyridine rings is 1. The van der Waals surface area contributed by atoms with Gasteiger partial charge in [0.15, 0.2) is 0 Å². The summed E-state index contributed by atoms with van der Waals surface area (Å²) in [5.74, 6) is -2.58. The predicted octanol–water partition coefficient (Wildman–Crippen LogP) is 6.95. The molecular formula is C30H27F3N2O3. The molecule has 0 aliphatic carbocycles. The molecule has 0 saturated carbocycles. The molecule has 1 aliphatic rings. The van der Waals surface area contributed by atoms with Gasteiger partial charge in [-0.1, -0.05) is 12.1 Å². The van der Waals surface area contributed by atoms with E-state index in [0.29, 0.717) is 17.8 Å². The van der Waals surface area contributed by atoms with E-state index in [1.54, 1.807) is 17.3 Å². The molecule has 0 fully saturated rings. The predicted molar refractivity (Wildman–Crippen MR) is 139 cm³/mol. The number of alkyl halides is 1. The van der Waals surface area contributed by atoms with Gasteiger partial charge in [0.1, 0.15) is 34.7 Å². The van der Waals surface area contributed by atoms with Crippen molar-refractivity contribution in [2.75, 3.05) is 6.54 Å². The number of hydrogen-bond donors (Lipinski definition) is 1. The first-order valence-corrected chi connectivity index (χ1v) is 12.3. The number of carboxylic acids is 1. The van der Waals surface area contributed by atoms with Crippen LogP contribution < -0.4 is 0 Å². The average Bonchev–Trinajstić information content (AvgIpc) is 3.21. The summed E-state index contributed by atoms with van der Waals surface area (Å²) in [5.41, 5.74) is 1.41. The fourth-order valence-electron chi connectivity index (χ4n) is 5.24. The van der Waals surface area contributed by atoms with E-state index in [9.17, 15) is 9.18 Å². The zero-order valence-electron chi connectivity index (χ0n) is 21.2. The molecule has 0 bridgehead atoms. The van der Waals surface area contributed by atoms with Gasteiger partial charge in [0.2, 0.25) is 0 Å². The highest BCUT2D eigenvalue weighted by atomic mass is 19.1. The molecule has 0 amide bonds. The van der Waals surface area contributed by atoms with Crippen LogP contribution in [0.15, 0.2) is 65.4 Å². The van der Waals surface area contributed by atoms with Gasteiger partial charge in [0, 0.05) is 53.1 Å². The van der Waals surface area contributed by atoms with E-state index >= 15 is 8.78 Å². The first-order valence-electron chi connectivity index (χ1n) is 12.3. The summed E-state index contributed by atoms with van der Waals surface area (Å²) in [5, 5.41) is 9.71. The van der Waals surface area contributed by atoms with Crippen molar-refractivity contribution in [3.63, 3.8) is 0 Å². The SMILES string of the molecule is C[C@H]1Cc2c(oc3ccc(-c4cccnc4)cc23)[C@H](c2c(F)cc(/C=C/C(=O)O)cc2F)N1CC(C)(C)F. The normalized spacial score (nSPS) is 18.3. The summed E-state index contributed by atoms with van der Waals surface area (Å²) in [7, 11) is 0. The molecule has 0 saturated heterocycles. The number of carbonyl (C=O) groups is 1. The Hall–Kier alpha value is -3.91. The van der Waals surface area contributed by atoms with Crippen LogP contribution >= 0.6 is 0 Å². The van der Waals surface area contributed by atoms with Gasteiger partial charge >= 0.3 is 5.97 Å². The Morgan fingerprint density at radius 3 is 2.55 bits per heavy atom. The van der Waals surface area contributed by atoms with Crippen molar-refractivity contribution in [3.05, 3.63) is 95.0 Å². The Kier molecular flexibility index (Phi) is 6.61. The lowest BCUT2D eigenvalue weighted by Crippen LogP contribution is -2.48. The molecule has 2 aromatic heterocycles. The molecule has 2 atom stereocenters. The molecule has 38 heavy (non-hydrogen) atoms. The van der Waals surface area contributed by atoms with Crippen LogP contribution in [-0.2, 0) is 11.2 Å². The molecule has 5 rings (SSSR count). The van der Waals surface area contributed by atoms with Crippen LogP contribution in [0.1, 0.15) is 49.3 Å². The van der Waals surface area contributed by atoms with Gasteiger partial charge in [0.05, 0.1) is 0 Å². The molecule has 0 spiro atoms. The van der Waals surface area contributed by atoms with Crippen LogP contribution in [0.3, 0.4) is 0 Å². The van der Waals surface area contributed by atoms with Gasteiger partial charge in [-0.05, 0) is 74.7 Å². The molecular weight excluding hydrogens is 493 g/mol. The van der Waals surface area contributed by atoms with Crippen LogP contribution in [-0.4, -0.2) is 39.2 Å². The first kappa shape index (κ1) is 25.7. The Morgan fingerprint density at radius 1 is 1.18 bits per heavy atom. The standard InChI is InChI=1S/C30H27F3N2O3/c1-17-11-22-21-14-19(20-5-4-10-34-15-20)7-8-25(21)38-29(22)28(35(17)16-30(2,3)33)27-23(31)12-18(13-24(27)32)6-9-26(36)37/h4-10,12-15,17,28H,11,16H2,1-3H3,(H,36,37)/b9-6+/t17-,28-/m0/s1. The van der Waals surface area contributed by atoms with Crippen molar-refractivity contribution in [1.29, 1.82) is 0 Å². The zero-order valence-corrected chi connectivity index (χ0v) is 21.2. The van der Waals surface area contributed by atoms with E-state index < -0.39 is 29.3 Å². The van der Waals surface area contributed by atoms with Gasteiger partial charge in [0.25, 0.3) is 0 Å². The van der Waals surface area contributed by atoms with Crippen LogP contribution in [0, 0.1) is 11.6 Å². The van der Waals surface area contributed by atoms with E-state index in [2.05, 4.69) is 4.98 Å². The fraction of sp³-hybridized carbons (Fsp3) is 0.267. The lowest BCUT2D eigenvalue weighted by atomic mass is 9.87. The number of carboxylic acid groups (broad SMARTS) is 1. The van der Waals surface area contributed by atoms with Crippen molar-refractivity contribution in [1.82, 2.24) is 9.88 Å². The maximum atomic E-state index is 15.6. The lowest BCUT2D eigenvalue weighted by Gasteiger charge is -2.42. The fourth-order valence-corrected chi connectivity index (χ4v) is 5.24. The van der Waals surface area contributed by atoms with E-state index in [4.69, 9.17) is 9.52 Å². The Morgan fingerprint density at radius 2 is 1.92 bits per heavy atom. The lowest BCUT2D eigenvalue weighted by molar-refractivity contribution is -0.131. The van der Waals surface area contributed by atoms with Gasteiger partial charge in [-0.15, -0.1) is 0 Å². The van der Waals surface area contributed by atoms with Gasteiger partial charge in [-0.3, -0.25) is 9.88 Å². The molecule has 2 aromatic carbocycles. The molecule has 0 unspecified atom stereocenters. The highest BCUT2D eigenvalue weighted by Crippen LogP contribution is 2.45. The van der Waals surface area contributed by atoms with E-state index in [1.165, 1.54) is 13.8 Å². The van der Waals surface area contributed by atoms with Crippen molar-refractivity contribution >= 4 is 23.0 Å². The maximum absolute atomic E-state index is 15.6. The van der Waals surface area contributed by atoms with Crippen molar-refractivity contribution in [2.24, 2.45) is 0 Å². The molecule has 1 aliphatic heterocycles. The van der Waals surface area contributed by atoms with Gasteiger partial charge < -0.3 is 9.52 Å². The summed E-state index contributed by atoms with van der Waals surface area (Å²) in [4.78, 5) is 16.8. The minimum Gasteiger partial charge on any atom is -0.478 e. The molecule has 5 nitrogen and oxygen atoms in total. The molecule has 8 heteroatoms. The third-order valence-corrected chi connectivity index (χ3v) is 6.81. The summed E-state index contributed by atoms with van der Waals surface area (Å²) in [6, 6.07) is 10.4. The smallest absolute Gasteiger partial charge is 0.328 e. The average molecular weight is 521 g/mol. The van der Waals surface area contributed by atoms with E-state index in [1.807, 2.05) is 37.3 Å². The number of nitrogens with zero attached hydrogens (tertiary/aromatic N) is 2. The number of aromatic nitrogens is 1. The number of halogens is 3. The van der Waals surface area contributed by atoms with Crippen LogP contribution in [0.5, 0.6) is 0 Å². The second-order valence-corrected chi connectivity index (χ2v) is 10.3. The number of benzene rings is 2. The molecule has 4 aromatic rings. The Labute approximate surface area is 218 Å². The second-order valence-electron chi connectivity index (χ2n) is 10.3. The summed E-state index contributed by atoms with van der Waals surface area (Å²) in [6.45, 7) is 4.69. The number of aliphatic carboxylic acids is 1. The highest BCUT2D eigenvalue weighted by molar-refractivity contribution is 5.88. The summed E-state index contributed by atoms with van der Waals surface area (Å²) < 4.78 is 52.4. The minimum absolute atomic E-state index is 0.0679. The Balaban J connectivity index is 1.69. The van der Waals surface area contributed by atoms with Crippen LogP contribution in [0.4, 0.5) is 13.2 Å². The monoisotopic (exact) mass is 520 g/mol. The molecule has 3 heterocycles. The number of fused-ring (bicyclic) bond motifs is 3. The number of furan rings is 1. The van der Waals surface area contributed by atoms with Crippen molar-refractivity contribution in [3.8, 4) is 11.1 Å². The third-order valence-electron chi connectivity index (χ3n) is 6.81. The van der Waals surface area contributed by atoms with Crippen LogP contribution in [0.2, 0.25) is 0 Å². The minimum atomic E-state index is -1.64. The largest absolute Gasteiger partial charge is 0.478 e. The number of hydrogen-bond acceptors (Lipinski definition) is 4.